The summed E-state index contributed by atoms with van der Waals surface area (Å²) in [4.78, 5) is 23.5. The number of carbonyl (C=O) groups is 1. The van der Waals surface area contributed by atoms with Crippen LogP contribution in [0.1, 0.15) is 30.7 Å². The summed E-state index contributed by atoms with van der Waals surface area (Å²) >= 11 is 1.70. The number of aliphatic imine (C=N–C) groups is 1. The molecule has 1 rings (SSSR count). The molecule has 0 bridgehead atoms. The number of amides is 1. The van der Waals surface area contributed by atoms with Crippen LogP contribution in [0.5, 0.6) is 0 Å². The van der Waals surface area contributed by atoms with Gasteiger partial charge in [-0.15, -0.1) is 35.3 Å². The molecule has 0 spiro atoms. The third kappa shape index (κ3) is 9.09. The molecule has 0 saturated heterocycles. The van der Waals surface area contributed by atoms with E-state index in [9.17, 15) is 4.79 Å². The molecule has 6 nitrogen and oxygen atoms in total. The molecule has 8 heteroatoms. The number of aryl methyl sites for hydroxylation is 1. The summed E-state index contributed by atoms with van der Waals surface area (Å²) in [7, 11) is 3.57. The predicted octanol–water partition coefficient (Wildman–Crippen LogP) is 2.03. The smallest absolute Gasteiger partial charge is 0.240 e. The molecule has 1 aromatic heterocycles. The molecule has 0 aliphatic rings. The second kappa shape index (κ2) is 10.1. The molecule has 0 aromatic carbocycles. The Morgan fingerprint density at radius 3 is 2.57 bits per heavy atom. The largest absolute Gasteiger partial charge is 0.356 e. The van der Waals surface area contributed by atoms with Crippen LogP contribution in [0.3, 0.4) is 0 Å². The second-order valence-electron chi connectivity index (χ2n) is 6.24. The molecule has 0 saturated carbocycles. The quantitative estimate of drug-likeness (QED) is 0.407. The number of nitrogens with zero attached hydrogens (tertiary/aromatic N) is 3. The molecule has 0 unspecified atom stereocenters. The van der Waals surface area contributed by atoms with Gasteiger partial charge in [0, 0.05) is 43.7 Å². The van der Waals surface area contributed by atoms with Crippen molar-refractivity contribution >= 4 is 47.2 Å². The van der Waals surface area contributed by atoms with E-state index in [2.05, 4.69) is 27.5 Å². The molecule has 2 N–H and O–H groups in total. The Kier molecular flexibility index (Phi) is 9.67. The topological polar surface area (TPSA) is 69.6 Å². The van der Waals surface area contributed by atoms with E-state index in [0.29, 0.717) is 5.96 Å². The van der Waals surface area contributed by atoms with Gasteiger partial charge in [0.25, 0.3) is 0 Å². The number of guanidine groups is 1. The van der Waals surface area contributed by atoms with Gasteiger partial charge in [-0.25, -0.2) is 4.98 Å². The van der Waals surface area contributed by atoms with Crippen LogP contribution in [0.4, 0.5) is 0 Å². The van der Waals surface area contributed by atoms with Gasteiger partial charge in [0.05, 0.1) is 11.6 Å². The maximum atomic E-state index is 11.9. The number of thiazole rings is 1. The molecular weight excluding hydrogens is 425 g/mol. The SMILES string of the molecule is CN=C(NCCc1ncc(C)s1)N(C)CC(=O)NC(C)(C)C.I. The van der Waals surface area contributed by atoms with Crippen LogP contribution < -0.4 is 10.6 Å². The van der Waals surface area contributed by atoms with Crippen molar-refractivity contribution in [1.82, 2.24) is 20.5 Å². The van der Waals surface area contributed by atoms with Crippen LogP contribution >= 0.6 is 35.3 Å². The van der Waals surface area contributed by atoms with E-state index in [1.54, 1.807) is 18.4 Å². The van der Waals surface area contributed by atoms with Gasteiger partial charge in [-0.3, -0.25) is 9.79 Å². The summed E-state index contributed by atoms with van der Waals surface area (Å²) in [5.41, 5.74) is -0.225. The van der Waals surface area contributed by atoms with E-state index in [1.807, 2.05) is 38.9 Å². The van der Waals surface area contributed by atoms with Crippen molar-refractivity contribution in [2.75, 3.05) is 27.2 Å². The van der Waals surface area contributed by atoms with Gasteiger partial charge in [-0.05, 0) is 27.7 Å². The van der Waals surface area contributed by atoms with Gasteiger partial charge >= 0.3 is 0 Å². The Bertz CT molecular complexity index is 524. The maximum Gasteiger partial charge on any atom is 0.240 e. The molecular formula is C15H28IN5OS. The zero-order valence-electron chi connectivity index (χ0n) is 14.8. The van der Waals surface area contributed by atoms with Gasteiger partial charge in [0.2, 0.25) is 5.91 Å². The number of rotatable bonds is 5. The standard InChI is InChI=1S/C15H27N5OS.HI/c1-11-9-18-13(22-11)7-8-17-14(16-5)20(6)10-12(21)19-15(2,3)4;/h9H,7-8,10H2,1-6H3,(H,16,17)(H,19,21);1H. The Morgan fingerprint density at radius 2 is 2.09 bits per heavy atom. The van der Waals surface area contributed by atoms with Crippen LogP contribution in [0.2, 0.25) is 0 Å². The van der Waals surface area contributed by atoms with E-state index in [-0.39, 0.29) is 42.0 Å². The van der Waals surface area contributed by atoms with Gasteiger partial charge < -0.3 is 15.5 Å². The highest BCUT2D eigenvalue weighted by Gasteiger charge is 2.16. The van der Waals surface area contributed by atoms with Gasteiger partial charge in [0.1, 0.15) is 0 Å². The highest BCUT2D eigenvalue weighted by atomic mass is 127. The average molecular weight is 453 g/mol. The Labute approximate surface area is 160 Å². The van der Waals surface area contributed by atoms with Crippen molar-refractivity contribution in [3.63, 3.8) is 0 Å². The zero-order chi connectivity index (χ0) is 16.8. The number of halogens is 1. The number of carbonyl (C=O) groups excluding carboxylic acids is 1. The summed E-state index contributed by atoms with van der Waals surface area (Å²) in [5, 5.41) is 7.30. The van der Waals surface area contributed by atoms with Crippen molar-refractivity contribution in [2.45, 2.75) is 39.7 Å². The number of hydrogen-bond acceptors (Lipinski definition) is 4. The second-order valence-corrected chi connectivity index (χ2v) is 7.56. The molecule has 0 aliphatic carbocycles. The molecule has 0 aliphatic heterocycles. The summed E-state index contributed by atoms with van der Waals surface area (Å²) in [6, 6.07) is 0. The van der Waals surface area contributed by atoms with Crippen molar-refractivity contribution in [1.29, 1.82) is 0 Å². The first-order chi connectivity index (χ1) is 10.2. The van der Waals surface area contributed by atoms with Crippen LogP contribution in [0.25, 0.3) is 0 Å². The summed E-state index contributed by atoms with van der Waals surface area (Å²) in [6.45, 7) is 8.96. The van der Waals surface area contributed by atoms with E-state index < -0.39 is 0 Å². The van der Waals surface area contributed by atoms with Crippen LogP contribution in [-0.4, -0.2) is 54.5 Å². The van der Waals surface area contributed by atoms with Gasteiger partial charge in [-0.1, -0.05) is 0 Å². The molecule has 23 heavy (non-hydrogen) atoms. The number of likely N-dealkylation sites (N-methyl/N-ethyl adjacent to an activating group) is 1. The first-order valence-corrected chi connectivity index (χ1v) is 8.17. The number of hydrogen-bond donors (Lipinski definition) is 2. The summed E-state index contributed by atoms with van der Waals surface area (Å²) in [5.74, 6) is 0.686. The predicted molar refractivity (Wildman–Crippen MR) is 108 cm³/mol. The first kappa shape index (κ1) is 22.1. The van der Waals surface area contributed by atoms with Crippen LogP contribution in [0.15, 0.2) is 11.2 Å². The van der Waals surface area contributed by atoms with Gasteiger partial charge in [-0.2, -0.15) is 0 Å². The number of nitrogens with one attached hydrogen (secondary N) is 2. The Hall–Kier alpha value is -0.900. The lowest BCUT2D eigenvalue weighted by Gasteiger charge is -2.25. The lowest BCUT2D eigenvalue weighted by molar-refractivity contribution is -0.122. The minimum Gasteiger partial charge on any atom is -0.356 e. The fraction of sp³-hybridized carbons (Fsp3) is 0.667. The normalized spacial score (nSPS) is 11.7. The molecule has 0 atom stereocenters. The lowest BCUT2D eigenvalue weighted by Crippen LogP contribution is -2.49. The van der Waals surface area contributed by atoms with Crippen molar-refractivity contribution in [2.24, 2.45) is 4.99 Å². The fourth-order valence-corrected chi connectivity index (χ4v) is 2.72. The zero-order valence-corrected chi connectivity index (χ0v) is 17.9. The molecule has 1 amide bonds. The molecule has 132 valence electrons. The van der Waals surface area contributed by atoms with Crippen molar-refractivity contribution in [3.8, 4) is 0 Å². The summed E-state index contributed by atoms with van der Waals surface area (Å²) < 4.78 is 0. The van der Waals surface area contributed by atoms with Crippen LogP contribution in [-0.2, 0) is 11.2 Å². The van der Waals surface area contributed by atoms with Gasteiger partial charge in [0.15, 0.2) is 5.96 Å². The highest BCUT2D eigenvalue weighted by Crippen LogP contribution is 2.10. The van der Waals surface area contributed by atoms with Crippen molar-refractivity contribution < 1.29 is 4.79 Å². The van der Waals surface area contributed by atoms with Crippen LogP contribution in [0, 0.1) is 6.92 Å². The maximum absolute atomic E-state index is 11.9. The lowest BCUT2D eigenvalue weighted by atomic mass is 10.1. The third-order valence-electron chi connectivity index (χ3n) is 2.76. The Balaban J connectivity index is 0.00000484. The highest BCUT2D eigenvalue weighted by molar-refractivity contribution is 14.0. The minimum absolute atomic E-state index is 0. The molecule has 0 fully saturated rings. The average Bonchev–Trinajstić information content (AvgIpc) is 2.77. The molecule has 1 aromatic rings. The van der Waals surface area contributed by atoms with E-state index >= 15 is 0 Å². The third-order valence-corrected chi connectivity index (χ3v) is 3.73. The van der Waals surface area contributed by atoms with E-state index in [1.165, 1.54) is 4.88 Å². The van der Waals surface area contributed by atoms with E-state index in [4.69, 9.17) is 0 Å². The first-order valence-electron chi connectivity index (χ1n) is 7.35. The Morgan fingerprint density at radius 1 is 1.43 bits per heavy atom. The molecule has 1 heterocycles. The summed E-state index contributed by atoms with van der Waals surface area (Å²) in [6.07, 6.45) is 2.73. The fourth-order valence-electron chi connectivity index (χ4n) is 1.93. The van der Waals surface area contributed by atoms with E-state index in [0.717, 1.165) is 18.0 Å². The monoisotopic (exact) mass is 453 g/mol. The minimum atomic E-state index is -0.225. The van der Waals surface area contributed by atoms with Crippen molar-refractivity contribution in [3.05, 3.63) is 16.1 Å². The molecule has 0 radical (unpaired) electrons. The number of aromatic nitrogens is 1.